The van der Waals surface area contributed by atoms with Crippen molar-refractivity contribution in [2.45, 2.75) is 0 Å². The Morgan fingerprint density at radius 3 is 2.56 bits per heavy atom. The van der Waals surface area contributed by atoms with E-state index in [0.29, 0.717) is 18.7 Å². The minimum absolute atomic E-state index is 0.0236. The van der Waals surface area contributed by atoms with Gasteiger partial charge in [0.25, 0.3) is 11.6 Å². The Morgan fingerprint density at radius 1 is 1.33 bits per heavy atom. The third-order valence-corrected chi connectivity index (χ3v) is 2.65. The minimum Gasteiger partial charge on any atom is -0.353 e. The van der Waals surface area contributed by atoms with Crippen molar-refractivity contribution >= 4 is 17.5 Å². The first kappa shape index (κ1) is 12.0. The van der Waals surface area contributed by atoms with Crippen LogP contribution in [0.15, 0.2) is 24.3 Å². The summed E-state index contributed by atoms with van der Waals surface area (Å²) in [6.07, 6.45) is 0. The maximum Gasteiger partial charge on any atom is 0.269 e. The van der Waals surface area contributed by atoms with Crippen molar-refractivity contribution in [3.63, 3.8) is 0 Å². The lowest BCUT2D eigenvalue weighted by molar-refractivity contribution is -0.384. The summed E-state index contributed by atoms with van der Waals surface area (Å²) >= 11 is 0. The monoisotopic (exact) mass is 249 g/mol. The smallest absolute Gasteiger partial charge is 0.269 e. The van der Waals surface area contributed by atoms with E-state index in [-0.39, 0.29) is 24.0 Å². The topological polar surface area (TPSA) is 92.5 Å². The minimum atomic E-state index is -0.525. The fraction of sp³-hybridized carbons (Fsp3) is 0.273. The van der Waals surface area contributed by atoms with Gasteiger partial charge in [-0.2, -0.15) is 0 Å². The first-order chi connectivity index (χ1) is 8.58. The quantitative estimate of drug-likeness (QED) is 0.597. The molecule has 2 rings (SSSR count). The van der Waals surface area contributed by atoms with Crippen LogP contribution in [0.25, 0.3) is 0 Å². The number of nitro groups is 1. The van der Waals surface area contributed by atoms with E-state index < -0.39 is 4.92 Å². The zero-order valence-corrected chi connectivity index (χ0v) is 9.46. The number of benzene rings is 1. The predicted octanol–water partition coefficient (Wildman–Crippen LogP) is 0.167. The lowest BCUT2D eigenvalue weighted by atomic mass is 10.1. The molecule has 1 saturated heterocycles. The highest BCUT2D eigenvalue weighted by Gasteiger charge is 2.22. The molecule has 0 aromatic heterocycles. The van der Waals surface area contributed by atoms with Crippen LogP contribution in [0.4, 0.5) is 5.69 Å². The number of nitrogens with one attached hydrogen (secondary N) is 1. The lowest BCUT2D eigenvalue weighted by Gasteiger charge is -2.26. The van der Waals surface area contributed by atoms with Gasteiger partial charge in [0.15, 0.2) is 0 Å². The summed E-state index contributed by atoms with van der Waals surface area (Å²) in [6.45, 7) is 0.898. The van der Waals surface area contributed by atoms with E-state index in [1.54, 1.807) is 0 Å². The molecule has 1 aromatic carbocycles. The summed E-state index contributed by atoms with van der Waals surface area (Å²) in [7, 11) is 0. The predicted molar refractivity (Wildman–Crippen MR) is 62.0 cm³/mol. The SMILES string of the molecule is O=C1CN(C(=O)c2ccc([N+](=O)[O-])cc2)CCN1. The molecule has 0 radical (unpaired) electrons. The van der Waals surface area contributed by atoms with Crippen molar-refractivity contribution < 1.29 is 14.5 Å². The lowest BCUT2D eigenvalue weighted by Crippen LogP contribution is -2.49. The molecule has 2 amide bonds. The molecular formula is C11H11N3O4. The number of nitro benzene ring substituents is 1. The zero-order chi connectivity index (χ0) is 13.1. The van der Waals surface area contributed by atoms with Gasteiger partial charge in [0, 0.05) is 30.8 Å². The van der Waals surface area contributed by atoms with Crippen LogP contribution in [0.5, 0.6) is 0 Å². The van der Waals surface area contributed by atoms with Crippen LogP contribution in [-0.4, -0.2) is 41.3 Å². The highest BCUT2D eigenvalue weighted by Crippen LogP contribution is 2.13. The Hall–Kier alpha value is -2.44. The van der Waals surface area contributed by atoms with Crippen LogP contribution >= 0.6 is 0 Å². The van der Waals surface area contributed by atoms with E-state index >= 15 is 0 Å². The van der Waals surface area contributed by atoms with Gasteiger partial charge < -0.3 is 10.2 Å². The molecule has 0 unspecified atom stereocenters. The second-order valence-corrected chi connectivity index (χ2v) is 3.88. The van der Waals surface area contributed by atoms with Crippen LogP contribution in [0.1, 0.15) is 10.4 Å². The van der Waals surface area contributed by atoms with Crippen molar-refractivity contribution in [1.82, 2.24) is 10.2 Å². The summed E-state index contributed by atoms with van der Waals surface area (Å²) < 4.78 is 0. The molecule has 0 saturated carbocycles. The average molecular weight is 249 g/mol. The maximum atomic E-state index is 12.0. The molecule has 1 aromatic rings. The second kappa shape index (κ2) is 4.82. The van der Waals surface area contributed by atoms with E-state index in [4.69, 9.17) is 0 Å². The highest BCUT2D eigenvalue weighted by molar-refractivity contribution is 5.97. The van der Waals surface area contributed by atoms with Crippen LogP contribution in [-0.2, 0) is 4.79 Å². The van der Waals surface area contributed by atoms with Crippen molar-refractivity contribution in [3.05, 3.63) is 39.9 Å². The van der Waals surface area contributed by atoms with Gasteiger partial charge in [0.1, 0.15) is 0 Å². The van der Waals surface area contributed by atoms with Crippen LogP contribution < -0.4 is 5.32 Å². The molecule has 94 valence electrons. The molecule has 0 aliphatic carbocycles. The third-order valence-electron chi connectivity index (χ3n) is 2.65. The van der Waals surface area contributed by atoms with Gasteiger partial charge in [-0.1, -0.05) is 0 Å². The first-order valence-electron chi connectivity index (χ1n) is 5.38. The van der Waals surface area contributed by atoms with Gasteiger partial charge in [0.05, 0.1) is 11.5 Å². The van der Waals surface area contributed by atoms with Gasteiger partial charge in [-0.05, 0) is 12.1 Å². The van der Waals surface area contributed by atoms with Crippen LogP contribution in [0.2, 0.25) is 0 Å². The number of hydrogen-bond donors (Lipinski definition) is 1. The van der Waals surface area contributed by atoms with Crippen LogP contribution in [0, 0.1) is 10.1 Å². The number of rotatable bonds is 2. The average Bonchev–Trinajstić information content (AvgIpc) is 2.38. The molecule has 1 heterocycles. The van der Waals surface area contributed by atoms with Crippen LogP contribution in [0.3, 0.4) is 0 Å². The number of hydrogen-bond acceptors (Lipinski definition) is 4. The van der Waals surface area contributed by atoms with E-state index in [1.165, 1.54) is 29.2 Å². The maximum absolute atomic E-state index is 12.0. The van der Waals surface area contributed by atoms with Gasteiger partial charge in [-0.15, -0.1) is 0 Å². The van der Waals surface area contributed by atoms with E-state index in [9.17, 15) is 19.7 Å². The molecule has 0 spiro atoms. The number of non-ortho nitro benzene ring substituents is 1. The highest BCUT2D eigenvalue weighted by atomic mass is 16.6. The molecule has 7 heteroatoms. The fourth-order valence-corrected chi connectivity index (χ4v) is 1.72. The molecule has 1 aliphatic rings. The molecule has 0 bridgehead atoms. The van der Waals surface area contributed by atoms with E-state index in [2.05, 4.69) is 5.32 Å². The number of piperazine rings is 1. The molecular weight excluding hydrogens is 238 g/mol. The molecule has 7 nitrogen and oxygen atoms in total. The van der Waals surface area contributed by atoms with Gasteiger partial charge in [0.2, 0.25) is 5.91 Å². The summed E-state index contributed by atoms with van der Waals surface area (Å²) in [5.41, 5.74) is 0.276. The molecule has 0 atom stereocenters. The Kier molecular flexibility index (Phi) is 3.22. The largest absolute Gasteiger partial charge is 0.353 e. The number of nitrogens with zero attached hydrogens (tertiary/aromatic N) is 2. The Morgan fingerprint density at radius 2 is 2.00 bits per heavy atom. The molecule has 1 aliphatic heterocycles. The summed E-state index contributed by atoms with van der Waals surface area (Å²) in [5, 5.41) is 13.1. The first-order valence-corrected chi connectivity index (χ1v) is 5.38. The second-order valence-electron chi connectivity index (χ2n) is 3.88. The number of amides is 2. The summed E-state index contributed by atoms with van der Waals surface area (Å²) in [5.74, 6) is -0.490. The van der Waals surface area contributed by atoms with Gasteiger partial charge in [-0.3, -0.25) is 19.7 Å². The third kappa shape index (κ3) is 2.45. The Labute approximate surface area is 103 Å². The van der Waals surface area contributed by atoms with Crippen molar-refractivity contribution in [2.24, 2.45) is 0 Å². The molecule has 1 N–H and O–H groups in total. The molecule has 1 fully saturated rings. The van der Waals surface area contributed by atoms with E-state index in [0.717, 1.165) is 0 Å². The van der Waals surface area contributed by atoms with Gasteiger partial charge in [-0.25, -0.2) is 0 Å². The zero-order valence-electron chi connectivity index (χ0n) is 9.46. The summed E-state index contributed by atoms with van der Waals surface area (Å²) in [6, 6.07) is 5.34. The van der Waals surface area contributed by atoms with Crippen molar-refractivity contribution in [2.75, 3.05) is 19.6 Å². The van der Waals surface area contributed by atoms with E-state index in [1.807, 2.05) is 0 Å². The number of carbonyl (C=O) groups excluding carboxylic acids is 2. The fourth-order valence-electron chi connectivity index (χ4n) is 1.72. The Bertz CT molecular complexity index is 498. The number of carbonyl (C=O) groups is 2. The Balaban J connectivity index is 2.13. The molecule has 18 heavy (non-hydrogen) atoms. The normalized spacial score (nSPS) is 15.1. The standard InChI is InChI=1S/C11H11N3O4/c15-10-7-13(6-5-12-10)11(16)8-1-3-9(4-2-8)14(17)18/h1-4H,5-7H2,(H,12,15). The summed E-state index contributed by atoms with van der Waals surface area (Å²) in [4.78, 5) is 34.5. The van der Waals surface area contributed by atoms with Crippen molar-refractivity contribution in [1.29, 1.82) is 0 Å². The van der Waals surface area contributed by atoms with Crippen molar-refractivity contribution in [3.8, 4) is 0 Å². The van der Waals surface area contributed by atoms with Gasteiger partial charge >= 0.3 is 0 Å².